The fourth-order valence-electron chi connectivity index (χ4n) is 1.44. The molecule has 0 radical (unpaired) electrons. The lowest BCUT2D eigenvalue weighted by molar-refractivity contribution is -0.385. The summed E-state index contributed by atoms with van der Waals surface area (Å²) >= 11 is 0. The highest BCUT2D eigenvalue weighted by molar-refractivity contribution is 5.81. The molecule has 0 aliphatic heterocycles. The number of hydrogen-bond donors (Lipinski definition) is 0. The van der Waals surface area contributed by atoms with Crippen LogP contribution in [0, 0.1) is 15.9 Å². The van der Waals surface area contributed by atoms with E-state index in [-0.39, 0.29) is 23.5 Å². The van der Waals surface area contributed by atoms with Gasteiger partial charge in [-0.3, -0.25) is 14.9 Å². The van der Waals surface area contributed by atoms with Crippen LogP contribution < -0.4 is 0 Å². The fourth-order valence-corrected chi connectivity index (χ4v) is 1.44. The zero-order chi connectivity index (χ0) is 12.1. The van der Waals surface area contributed by atoms with Crippen LogP contribution in [0.4, 0.5) is 10.1 Å². The van der Waals surface area contributed by atoms with Crippen molar-refractivity contribution < 1.29 is 14.1 Å². The monoisotopic (exact) mass is 225 g/mol. The third-order valence-electron chi connectivity index (χ3n) is 2.16. The highest BCUT2D eigenvalue weighted by atomic mass is 19.1. The zero-order valence-corrected chi connectivity index (χ0v) is 8.90. The van der Waals surface area contributed by atoms with E-state index in [1.807, 2.05) is 6.92 Å². The molecule has 0 saturated heterocycles. The van der Waals surface area contributed by atoms with Gasteiger partial charge in [-0.15, -0.1) is 0 Å². The summed E-state index contributed by atoms with van der Waals surface area (Å²) in [6.07, 6.45) is 1.08. The molecule has 0 aromatic heterocycles. The lowest BCUT2D eigenvalue weighted by Gasteiger charge is -2.01. The van der Waals surface area contributed by atoms with Crippen molar-refractivity contribution in [2.24, 2.45) is 0 Å². The molecule has 0 heterocycles. The third-order valence-corrected chi connectivity index (χ3v) is 2.16. The smallest absolute Gasteiger partial charge is 0.275 e. The van der Waals surface area contributed by atoms with Gasteiger partial charge in [0.25, 0.3) is 5.69 Å². The Morgan fingerprint density at radius 3 is 2.75 bits per heavy atom. The SMILES string of the molecule is CCCC(=O)Cc1ccc(F)cc1[N+](=O)[O-]. The lowest BCUT2D eigenvalue weighted by Crippen LogP contribution is -2.05. The first-order valence-corrected chi connectivity index (χ1v) is 4.99. The van der Waals surface area contributed by atoms with Crippen LogP contribution in [0.15, 0.2) is 18.2 Å². The van der Waals surface area contributed by atoms with Gasteiger partial charge in [0.1, 0.15) is 11.6 Å². The summed E-state index contributed by atoms with van der Waals surface area (Å²) in [6, 6.07) is 3.26. The molecule has 1 aromatic rings. The number of nitro groups is 1. The van der Waals surface area contributed by atoms with Crippen LogP contribution in [-0.2, 0) is 11.2 Å². The minimum absolute atomic E-state index is 0.00949. The number of nitro benzene ring substituents is 1. The van der Waals surface area contributed by atoms with Crippen LogP contribution in [0.25, 0.3) is 0 Å². The summed E-state index contributed by atoms with van der Waals surface area (Å²) in [5.41, 5.74) is -0.0608. The van der Waals surface area contributed by atoms with Crippen molar-refractivity contribution in [3.8, 4) is 0 Å². The lowest BCUT2D eigenvalue weighted by atomic mass is 10.0. The number of rotatable bonds is 5. The van der Waals surface area contributed by atoms with Crippen molar-refractivity contribution in [3.63, 3.8) is 0 Å². The molecule has 0 N–H and O–H groups in total. The fraction of sp³-hybridized carbons (Fsp3) is 0.364. The molecule has 1 rings (SSSR count). The summed E-state index contributed by atoms with van der Waals surface area (Å²) in [5, 5.41) is 10.6. The van der Waals surface area contributed by atoms with Crippen LogP contribution in [0.1, 0.15) is 25.3 Å². The normalized spacial score (nSPS) is 10.1. The second-order valence-electron chi connectivity index (χ2n) is 3.50. The number of carbonyl (C=O) groups is 1. The van der Waals surface area contributed by atoms with Gasteiger partial charge < -0.3 is 0 Å². The highest BCUT2D eigenvalue weighted by Gasteiger charge is 2.16. The average Bonchev–Trinajstić information content (AvgIpc) is 2.20. The highest BCUT2D eigenvalue weighted by Crippen LogP contribution is 2.20. The molecular weight excluding hydrogens is 213 g/mol. The molecular formula is C11H12FNO3. The first-order chi connectivity index (χ1) is 7.54. The predicted molar refractivity (Wildman–Crippen MR) is 56.7 cm³/mol. The van der Waals surface area contributed by atoms with Crippen molar-refractivity contribution in [2.45, 2.75) is 26.2 Å². The van der Waals surface area contributed by atoms with Gasteiger partial charge >= 0.3 is 0 Å². The van der Waals surface area contributed by atoms with E-state index in [2.05, 4.69) is 0 Å². The van der Waals surface area contributed by atoms with Crippen LogP contribution in [-0.4, -0.2) is 10.7 Å². The Hall–Kier alpha value is -1.78. The molecule has 0 fully saturated rings. The molecule has 0 spiro atoms. The minimum atomic E-state index is -0.669. The van der Waals surface area contributed by atoms with E-state index in [0.717, 1.165) is 12.1 Å². The molecule has 16 heavy (non-hydrogen) atoms. The summed E-state index contributed by atoms with van der Waals surface area (Å²) < 4.78 is 12.8. The molecule has 86 valence electrons. The predicted octanol–water partition coefficient (Wildman–Crippen LogP) is 2.65. The van der Waals surface area contributed by atoms with Gasteiger partial charge in [-0.25, -0.2) is 4.39 Å². The van der Waals surface area contributed by atoms with E-state index in [1.54, 1.807) is 0 Å². The van der Waals surface area contributed by atoms with Crippen molar-refractivity contribution in [2.75, 3.05) is 0 Å². The Labute approximate surface area is 92.2 Å². The van der Waals surface area contributed by atoms with E-state index in [4.69, 9.17) is 0 Å². The van der Waals surface area contributed by atoms with E-state index in [1.165, 1.54) is 6.07 Å². The van der Waals surface area contributed by atoms with Gasteiger partial charge in [-0.1, -0.05) is 6.92 Å². The molecule has 0 aliphatic rings. The van der Waals surface area contributed by atoms with E-state index >= 15 is 0 Å². The van der Waals surface area contributed by atoms with Crippen molar-refractivity contribution >= 4 is 11.5 Å². The molecule has 0 saturated carbocycles. The molecule has 0 atom stereocenters. The topological polar surface area (TPSA) is 60.2 Å². The van der Waals surface area contributed by atoms with Gasteiger partial charge in [0.2, 0.25) is 0 Å². The first kappa shape index (κ1) is 12.3. The van der Waals surface area contributed by atoms with Crippen molar-refractivity contribution in [3.05, 3.63) is 39.7 Å². The van der Waals surface area contributed by atoms with E-state index < -0.39 is 10.7 Å². The standard InChI is InChI=1S/C11H12FNO3/c1-2-3-10(14)6-8-4-5-9(12)7-11(8)13(15)16/h4-5,7H,2-3,6H2,1H3. The van der Waals surface area contributed by atoms with Crippen molar-refractivity contribution in [1.29, 1.82) is 0 Å². The number of benzene rings is 1. The molecule has 0 amide bonds. The molecule has 5 heteroatoms. The van der Waals surface area contributed by atoms with Crippen LogP contribution in [0.3, 0.4) is 0 Å². The second kappa shape index (κ2) is 5.34. The molecule has 1 aromatic carbocycles. The van der Waals surface area contributed by atoms with Gasteiger partial charge in [-0.2, -0.15) is 0 Å². The number of ketones is 1. The summed E-state index contributed by atoms with van der Waals surface area (Å²) in [5.74, 6) is -0.740. The van der Waals surface area contributed by atoms with Gasteiger partial charge in [-0.05, 0) is 18.6 Å². The number of Topliss-reactive ketones (excluding diaryl/α,β-unsaturated/α-hetero) is 1. The van der Waals surface area contributed by atoms with Crippen LogP contribution in [0.5, 0.6) is 0 Å². The largest absolute Gasteiger partial charge is 0.299 e. The second-order valence-corrected chi connectivity index (χ2v) is 3.50. The van der Waals surface area contributed by atoms with E-state index in [9.17, 15) is 19.3 Å². The maximum absolute atomic E-state index is 12.8. The Bertz CT molecular complexity index is 418. The van der Waals surface area contributed by atoms with Crippen LogP contribution >= 0.6 is 0 Å². The molecule has 0 bridgehead atoms. The third kappa shape index (κ3) is 3.12. The number of halogens is 1. The van der Waals surface area contributed by atoms with Gasteiger partial charge in [0.15, 0.2) is 0 Å². The Kier molecular flexibility index (Phi) is 4.10. The van der Waals surface area contributed by atoms with Gasteiger partial charge in [0, 0.05) is 18.4 Å². The summed E-state index contributed by atoms with van der Waals surface area (Å²) in [6.45, 7) is 1.86. The van der Waals surface area contributed by atoms with E-state index in [0.29, 0.717) is 12.8 Å². The molecule has 0 unspecified atom stereocenters. The number of nitrogens with zero attached hydrogens (tertiary/aromatic N) is 1. The average molecular weight is 225 g/mol. The summed E-state index contributed by atoms with van der Waals surface area (Å²) in [7, 11) is 0. The Morgan fingerprint density at radius 1 is 1.50 bits per heavy atom. The quantitative estimate of drug-likeness (QED) is 0.571. The minimum Gasteiger partial charge on any atom is -0.299 e. The van der Waals surface area contributed by atoms with Gasteiger partial charge in [0.05, 0.1) is 11.0 Å². The zero-order valence-electron chi connectivity index (χ0n) is 8.90. The maximum Gasteiger partial charge on any atom is 0.275 e. The van der Waals surface area contributed by atoms with Crippen molar-refractivity contribution in [1.82, 2.24) is 0 Å². The first-order valence-electron chi connectivity index (χ1n) is 4.99. The molecule has 0 aliphatic carbocycles. The van der Waals surface area contributed by atoms with Crippen LogP contribution in [0.2, 0.25) is 0 Å². The maximum atomic E-state index is 12.8. The molecule has 4 nitrogen and oxygen atoms in total. The number of carbonyl (C=O) groups excluding carboxylic acids is 1. The summed E-state index contributed by atoms with van der Waals surface area (Å²) in [4.78, 5) is 21.3. The number of hydrogen-bond acceptors (Lipinski definition) is 3. The Balaban J connectivity index is 2.95. The Morgan fingerprint density at radius 2 is 2.19 bits per heavy atom.